The van der Waals surface area contributed by atoms with Crippen molar-refractivity contribution >= 4 is 41.4 Å². The summed E-state index contributed by atoms with van der Waals surface area (Å²) >= 11 is 0. The molecular formula is C40H50N6O8. The van der Waals surface area contributed by atoms with Crippen LogP contribution in [0.5, 0.6) is 0 Å². The summed E-state index contributed by atoms with van der Waals surface area (Å²) in [6.07, 6.45) is 3.15. The minimum absolute atomic E-state index is 0.0279. The smallest absolute Gasteiger partial charge is 0.328 e. The molecule has 7 atom stereocenters. The van der Waals surface area contributed by atoms with Crippen LogP contribution in [-0.4, -0.2) is 119 Å². The maximum atomic E-state index is 14.5. The topological polar surface area (TPSA) is 175 Å². The van der Waals surface area contributed by atoms with E-state index in [1.165, 1.54) is 14.7 Å². The SMILES string of the molecule is C[C@@H]1C[C@H]2C(=O)OC[C@H](NC(=O)[C@H](Cc3ccccc3)NC(=O)Cc3ccccc3)C(=O)N3CCC[C@H]3C(=O)N3CCCC[C@H]3C(=O)N[C@@H](C)C(=O)N2C1. The molecule has 4 saturated heterocycles. The predicted octanol–water partition coefficient (Wildman–Crippen LogP) is 1.11. The van der Waals surface area contributed by atoms with E-state index in [1.807, 2.05) is 67.6 Å². The van der Waals surface area contributed by atoms with Gasteiger partial charge in [-0.15, -0.1) is 0 Å². The zero-order valence-electron chi connectivity index (χ0n) is 30.9. The molecule has 0 saturated carbocycles. The summed E-state index contributed by atoms with van der Waals surface area (Å²) in [5.41, 5.74) is 1.53. The highest BCUT2D eigenvalue weighted by Crippen LogP contribution is 2.28. The molecule has 6 amide bonds. The summed E-state index contributed by atoms with van der Waals surface area (Å²) in [6, 6.07) is 12.1. The van der Waals surface area contributed by atoms with E-state index in [2.05, 4.69) is 16.0 Å². The summed E-state index contributed by atoms with van der Waals surface area (Å²) in [6.45, 7) is 3.74. The van der Waals surface area contributed by atoms with Crippen molar-refractivity contribution in [3.8, 4) is 0 Å². The van der Waals surface area contributed by atoms with Crippen LogP contribution >= 0.6 is 0 Å². The fourth-order valence-corrected chi connectivity index (χ4v) is 8.07. The molecule has 54 heavy (non-hydrogen) atoms. The third-order valence-electron chi connectivity index (χ3n) is 10.9. The van der Waals surface area contributed by atoms with Crippen molar-refractivity contribution in [2.24, 2.45) is 5.92 Å². The van der Waals surface area contributed by atoms with Crippen molar-refractivity contribution in [1.82, 2.24) is 30.7 Å². The number of rotatable bonds is 7. The molecule has 14 heteroatoms. The molecular weight excluding hydrogens is 692 g/mol. The summed E-state index contributed by atoms with van der Waals surface area (Å²) in [7, 11) is 0. The highest BCUT2D eigenvalue weighted by molar-refractivity contribution is 5.98. The van der Waals surface area contributed by atoms with Gasteiger partial charge in [-0.25, -0.2) is 4.79 Å². The monoisotopic (exact) mass is 742 g/mol. The molecule has 288 valence electrons. The van der Waals surface area contributed by atoms with Gasteiger partial charge in [0, 0.05) is 26.1 Å². The number of benzene rings is 2. The summed E-state index contributed by atoms with van der Waals surface area (Å²) in [5.74, 6) is -3.74. The van der Waals surface area contributed by atoms with E-state index >= 15 is 0 Å². The number of nitrogens with zero attached hydrogens (tertiary/aromatic N) is 3. The van der Waals surface area contributed by atoms with Gasteiger partial charge in [0.1, 0.15) is 42.9 Å². The Morgan fingerprint density at radius 1 is 0.778 bits per heavy atom. The third-order valence-corrected chi connectivity index (χ3v) is 10.9. The van der Waals surface area contributed by atoms with Gasteiger partial charge in [-0.05, 0) is 62.5 Å². The van der Waals surface area contributed by atoms with Gasteiger partial charge >= 0.3 is 5.97 Å². The first kappa shape index (κ1) is 38.5. The lowest BCUT2D eigenvalue weighted by molar-refractivity contribution is -0.158. The van der Waals surface area contributed by atoms with Crippen molar-refractivity contribution in [1.29, 1.82) is 0 Å². The van der Waals surface area contributed by atoms with Gasteiger partial charge in [-0.3, -0.25) is 28.8 Å². The number of ether oxygens (including phenoxy) is 1. The Hall–Kier alpha value is -5.27. The average Bonchev–Trinajstić information content (AvgIpc) is 3.83. The highest BCUT2D eigenvalue weighted by atomic mass is 16.5. The molecule has 0 radical (unpaired) electrons. The Morgan fingerprint density at radius 3 is 2.15 bits per heavy atom. The van der Waals surface area contributed by atoms with Crippen LogP contribution in [-0.2, 0) is 51.1 Å². The van der Waals surface area contributed by atoms with Gasteiger partial charge in [-0.1, -0.05) is 67.6 Å². The number of hydrogen-bond donors (Lipinski definition) is 3. The lowest BCUT2D eigenvalue weighted by Crippen LogP contribution is -2.62. The highest BCUT2D eigenvalue weighted by Gasteiger charge is 2.46. The molecule has 2 aromatic carbocycles. The first-order chi connectivity index (χ1) is 26.0. The summed E-state index contributed by atoms with van der Waals surface area (Å²) < 4.78 is 5.75. The third kappa shape index (κ3) is 8.91. The number of carbonyl (C=O) groups excluding carboxylic acids is 7. The number of nitrogens with one attached hydrogen (secondary N) is 3. The Kier molecular flexibility index (Phi) is 12.3. The van der Waals surface area contributed by atoms with Gasteiger partial charge in [0.05, 0.1) is 6.42 Å². The zero-order chi connectivity index (χ0) is 38.4. The van der Waals surface area contributed by atoms with Crippen LogP contribution in [0.4, 0.5) is 0 Å². The van der Waals surface area contributed by atoms with Crippen molar-refractivity contribution in [2.75, 3.05) is 26.2 Å². The van der Waals surface area contributed by atoms with Gasteiger partial charge in [-0.2, -0.15) is 0 Å². The van der Waals surface area contributed by atoms with E-state index < -0.39 is 78.4 Å². The Labute approximate surface area is 315 Å². The molecule has 0 unspecified atom stereocenters. The van der Waals surface area contributed by atoms with Crippen molar-refractivity contribution < 1.29 is 38.3 Å². The molecule has 0 bridgehead atoms. The number of carbonyl (C=O) groups is 7. The number of cyclic esters (lactones) is 1. The maximum absolute atomic E-state index is 14.5. The molecule has 2 aromatic rings. The second kappa shape index (κ2) is 17.3. The second-order valence-electron chi connectivity index (χ2n) is 15.0. The van der Waals surface area contributed by atoms with E-state index in [9.17, 15) is 33.6 Å². The van der Waals surface area contributed by atoms with Gasteiger partial charge < -0.3 is 35.4 Å². The molecule has 14 nitrogen and oxygen atoms in total. The van der Waals surface area contributed by atoms with E-state index in [0.717, 1.165) is 17.5 Å². The van der Waals surface area contributed by atoms with E-state index in [4.69, 9.17) is 4.74 Å². The molecule has 4 aliphatic rings. The quantitative estimate of drug-likeness (QED) is 0.354. The lowest BCUT2D eigenvalue weighted by Gasteiger charge is -2.39. The maximum Gasteiger partial charge on any atom is 0.328 e. The van der Waals surface area contributed by atoms with Crippen molar-refractivity contribution in [2.45, 2.75) is 101 Å². The lowest BCUT2D eigenvalue weighted by atomic mass is 9.99. The molecule has 3 N–H and O–H groups in total. The summed E-state index contributed by atoms with van der Waals surface area (Å²) in [4.78, 5) is 101. The fourth-order valence-electron chi connectivity index (χ4n) is 8.07. The van der Waals surface area contributed by atoms with E-state index in [0.29, 0.717) is 38.6 Å². The second-order valence-corrected chi connectivity index (χ2v) is 15.0. The van der Waals surface area contributed by atoms with E-state index in [-0.39, 0.29) is 37.8 Å². The number of amides is 6. The van der Waals surface area contributed by atoms with Gasteiger partial charge in [0.15, 0.2) is 0 Å². The Bertz CT molecular complexity index is 1720. The number of piperidine rings is 1. The molecule has 4 heterocycles. The van der Waals surface area contributed by atoms with Crippen molar-refractivity contribution in [3.63, 3.8) is 0 Å². The van der Waals surface area contributed by atoms with Crippen LogP contribution in [0.25, 0.3) is 0 Å². The Balaban J connectivity index is 1.30. The standard InChI is InChI=1S/C40H50N6O8/c1-25-20-33-40(53)54-24-30(43-35(48)29(21-27-12-5-3-6-13-27)42-34(47)22-28-14-7-4-8-15-28)38(51)45-19-11-17-32(45)39(52)44-18-10-9-16-31(44)36(49)41-26(2)37(50)46(33)23-25/h3-8,12-15,25-26,29-33H,9-11,16-24H2,1-2H3,(H,41,49)(H,42,47)(H,43,48)/t25-,26+,29+,30+,31+,32+,33+/m1/s1. The molecule has 0 aromatic heterocycles. The minimum Gasteiger partial charge on any atom is -0.461 e. The summed E-state index contributed by atoms with van der Waals surface area (Å²) in [5, 5.41) is 8.39. The van der Waals surface area contributed by atoms with Crippen LogP contribution in [0.15, 0.2) is 60.7 Å². The Morgan fingerprint density at radius 2 is 1.43 bits per heavy atom. The van der Waals surface area contributed by atoms with Crippen molar-refractivity contribution in [3.05, 3.63) is 71.8 Å². The first-order valence-electron chi connectivity index (χ1n) is 19.1. The number of esters is 1. The van der Waals surface area contributed by atoms with Gasteiger partial charge in [0.2, 0.25) is 35.4 Å². The molecule has 0 spiro atoms. The van der Waals surface area contributed by atoms with Crippen LogP contribution < -0.4 is 16.0 Å². The fraction of sp³-hybridized carbons (Fsp3) is 0.525. The van der Waals surface area contributed by atoms with Gasteiger partial charge in [0.25, 0.3) is 0 Å². The minimum atomic E-state index is -1.41. The number of fused-ring (bicyclic) bond motifs is 3. The molecule has 4 fully saturated rings. The molecule has 0 aliphatic carbocycles. The van der Waals surface area contributed by atoms with E-state index in [1.54, 1.807) is 6.92 Å². The average molecular weight is 743 g/mol. The first-order valence-corrected chi connectivity index (χ1v) is 19.1. The molecule has 4 aliphatic heterocycles. The zero-order valence-corrected chi connectivity index (χ0v) is 30.9. The van der Waals surface area contributed by atoms with Crippen LogP contribution in [0, 0.1) is 5.92 Å². The van der Waals surface area contributed by atoms with Crippen LogP contribution in [0.1, 0.15) is 63.5 Å². The molecule has 6 rings (SSSR count). The van der Waals surface area contributed by atoms with Crippen LogP contribution in [0.2, 0.25) is 0 Å². The normalized spacial score (nSPS) is 27.3. The number of hydrogen-bond acceptors (Lipinski definition) is 8. The van der Waals surface area contributed by atoms with Crippen LogP contribution in [0.3, 0.4) is 0 Å². The largest absolute Gasteiger partial charge is 0.461 e. The predicted molar refractivity (Wildman–Crippen MR) is 196 cm³/mol.